The van der Waals surface area contributed by atoms with Crippen LogP contribution in [-0.2, 0) is 19.7 Å². The van der Waals surface area contributed by atoms with E-state index in [9.17, 15) is 9.59 Å². The summed E-state index contributed by atoms with van der Waals surface area (Å²) in [5, 5.41) is 3.19. The molecule has 7 heteroatoms. The van der Waals surface area contributed by atoms with Gasteiger partial charge in [-0.1, -0.05) is 18.2 Å². The molecule has 2 fully saturated rings. The third-order valence-electron chi connectivity index (χ3n) is 7.36. The molecule has 1 aliphatic heterocycles. The first-order valence-electron chi connectivity index (χ1n) is 12.1. The predicted molar refractivity (Wildman–Crippen MR) is 134 cm³/mol. The van der Waals surface area contributed by atoms with Crippen LogP contribution in [0.3, 0.4) is 0 Å². The number of ether oxygens (including phenoxy) is 2. The molecule has 0 spiro atoms. The maximum absolute atomic E-state index is 12.7. The Morgan fingerprint density at radius 3 is 2.89 bits per heavy atom. The van der Waals surface area contributed by atoms with E-state index in [0.29, 0.717) is 25.8 Å². The summed E-state index contributed by atoms with van der Waals surface area (Å²) in [5.41, 5.74) is 0.736. The number of benzene rings is 1. The van der Waals surface area contributed by atoms with E-state index in [1.807, 2.05) is 24.3 Å². The summed E-state index contributed by atoms with van der Waals surface area (Å²) in [6.07, 6.45) is 11.1. The fourth-order valence-corrected chi connectivity index (χ4v) is 5.86. The largest absolute Gasteiger partial charge is 0.497 e. The van der Waals surface area contributed by atoms with Crippen LogP contribution in [0.5, 0.6) is 5.75 Å². The molecule has 1 saturated heterocycles. The van der Waals surface area contributed by atoms with E-state index in [1.54, 1.807) is 31.8 Å². The maximum atomic E-state index is 12.7. The second kappa shape index (κ2) is 10.5. The van der Waals surface area contributed by atoms with Crippen molar-refractivity contribution in [1.29, 1.82) is 0 Å². The summed E-state index contributed by atoms with van der Waals surface area (Å²) in [7, 11) is 1.65. The molecule has 1 N–H and O–H groups in total. The van der Waals surface area contributed by atoms with Crippen molar-refractivity contribution in [1.82, 2.24) is 10.2 Å². The molecule has 2 aliphatic rings. The number of furan rings is 1. The minimum absolute atomic E-state index is 0.0580. The molecule has 4 rings (SSSR count). The van der Waals surface area contributed by atoms with Gasteiger partial charge in [-0.05, 0) is 62.1 Å². The number of rotatable bonds is 8. The Balaban J connectivity index is 1.67. The first-order valence-corrected chi connectivity index (χ1v) is 12.1. The highest BCUT2D eigenvalue weighted by molar-refractivity contribution is 5.91. The zero-order chi connectivity index (χ0) is 24.9. The fourth-order valence-electron chi connectivity index (χ4n) is 5.86. The van der Waals surface area contributed by atoms with Gasteiger partial charge in [0.05, 0.1) is 19.6 Å². The monoisotopic (exact) mass is 478 g/mol. The van der Waals surface area contributed by atoms with Crippen molar-refractivity contribution in [2.75, 3.05) is 26.7 Å². The molecule has 1 amide bonds. The van der Waals surface area contributed by atoms with Crippen molar-refractivity contribution in [2.45, 2.75) is 49.7 Å². The van der Waals surface area contributed by atoms with Crippen molar-refractivity contribution >= 4 is 18.0 Å². The average Bonchev–Trinajstić information content (AvgIpc) is 3.37. The lowest BCUT2D eigenvalue weighted by molar-refractivity contribution is -0.186. The Hall–Kier alpha value is -3.32. The number of esters is 1. The smallest absolute Gasteiger partial charge is 0.303 e. The van der Waals surface area contributed by atoms with Gasteiger partial charge < -0.3 is 19.2 Å². The number of fused-ring (bicyclic) bond motifs is 1. The van der Waals surface area contributed by atoms with Crippen LogP contribution in [0.2, 0.25) is 0 Å². The first kappa shape index (κ1) is 24.8. The van der Waals surface area contributed by atoms with Crippen LogP contribution in [0.15, 0.2) is 66.0 Å². The van der Waals surface area contributed by atoms with Gasteiger partial charge in [-0.3, -0.25) is 14.5 Å². The summed E-state index contributed by atoms with van der Waals surface area (Å²) in [6, 6.07) is 9.78. The summed E-state index contributed by atoms with van der Waals surface area (Å²) in [5.74, 6) is 0.320. The third kappa shape index (κ3) is 5.20. The molecule has 1 aliphatic carbocycles. The van der Waals surface area contributed by atoms with Gasteiger partial charge in [0, 0.05) is 43.1 Å². The van der Waals surface area contributed by atoms with Crippen molar-refractivity contribution in [3.8, 4) is 5.75 Å². The lowest BCUT2D eigenvalue weighted by atomic mass is 9.55. The van der Waals surface area contributed by atoms with Crippen molar-refractivity contribution in [3.63, 3.8) is 0 Å². The van der Waals surface area contributed by atoms with Gasteiger partial charge in [-0.2, -0.15) is 0 Å². The summed E-state index contributed by atoms with van der Waals surface area (Å²) < 4.78 is 16.8. The van der Waals surface area contributed by atoms with Crippen LogP contribution in [-0.4, -0.2) is 55.2 Å². The topological polar surface area (TPSA) is 81.0 Å². The molecule has 1 saturated carbocycles. The van der Waals surface area contributed by atoms with Crippen molar-refractivity contribution < 1.29 is 23.5 Å². The van der Waals surface area contributed by atoms with E-state index in [1.165, 1.54) is 13.0 Å². The van der Waals surface area contributed by atoms with Crippen LogP contribution in [0.1, 0.15) is 43.7 Å². The number of carbonyl (C=O) groups excluding carboxylic acids is 2. The SMILES string of the molecule is C=CCN1CC[C@@]2(c3cccc(OC)c3)C[C@H](NC(=O)/C=C/c3ccoc3)CC[C@]2(OC(C)=O)C1. The molecular weight excluding hydrogens is 444 g/mol. The van der Waals surface area contributed by atoms with Crippen LogP contribution in [0.4, 0.5) is 0 Å². The lowest BCUT2D eigenvalue weighted by Gasteiger charge is -2.59. The zero-order valence-corrected chi connectivity index (χ0v) is 20.5. The molecule has 2 aromatic rings. The predicted octanol–water partition coefficient (Wildman–Crippen LogP) is 4.10. The normalized spacial score (nSPS) is 26.6. The van der Waals surface area contributed by atoms with Crippen molar-refractivity contribution in [2.24, 2.45) is 0 Å². The summed E-state index contributed by atoms with van der Waals surface area (Å²) >= 11 is 0. The summed E-state index contributed by atoms with van der Waals surface area (Å²) in [6.45, 7) is 7.57. The molecule has 1 aromatic heterocycles. The molecule has 7 nitrogen and oxygen atoms in total. The van der Waals surface area contributed by atoms with Gasteiger partial charge in [0.15, 0.2) is 0 Å². The van der Waals surface area contributed by atoms with E-state index in [2.05, 4.69) is 22.9 Å². The zero-order valence-electron chi connectivity index (χ0n) is 20.5. The molecule has 1 aromatic carbocycles. The highest BCUT2D eigenvalue weighted by Gasteiger charge is 2.60. The van der Waals surface area contributed by atoms with E-state index in [0.717, 1.165) is 36.4 Å². The number of methoxy groups -OCH3 is 1. The Bertz CT molecular complexity index is 1080. The molecular formula is C28H34N2O5. The van der Waals surface area contributed by atoms with Crippen LogP contribution in [0.25, 0.3) is 6.08 Å². The minimum Gasteiger partial charge on any atom is -0.497 e. The number of carbonyl (C=O) groups is 2. The quantitative estimate of drug-likeness (QED) is 0.350. The minimum atomic E-state index is -0.708. The number of nitrogens with one attached hydrogen (secondary N) is 1. The molecule has 35 heavy (non-hydrogen) atoms. The van der Waals surface area contributed by atoms with Gasteiger partial charge in [0.25, 0.3) is 0 Å². The van der Waals surface area contributed by atoms with E-state index < -0.39 is 11.0 Å². The van der Waals surface area contributed by atoms with E-state index >= 15 is 0 Å². The number of nitrogens with zero attached hydrogens (tertiary/aromatic N) is 1. The Labute approximate surface area is 206 Å². The Morgan fingerprint density at radius 2 is 2.17 bits per heavy atom. The average molecular weight is 479 g/mol. The molecule has 0 radical (unpaired) electrons. The molecule has 0 bridgehead atoms. The van der Waals surface area contributed by atoms with E-state index in [4.69, 9.17) is 13.9 Å². The standard InChI is InChI=1S/C28H34N2O5/c1-4-14-30-15-13-27(23-6-5-7-25(17-23)33-3)18-24(10-12-28(27,20-30)35-21(2)31)29-26(32)9-8-22-11-16-34-19-22/h4-9,11,16-17,19,24H,1,10,12-15,18,20H2,2-3H3,(H,29,32)/b9-8+/t24-,27+,28+/m1/s1. The molecule has 0 unspecified atom stereocenters. The molecule has 2 heterocycles. The van der Waals surface area contributed by atoms with Gasteiger partial charge in [-0.25, -0.2) is 0 Å². The Morgan fingerprint density at radius 1 is 1.31 bits per heavy atom. The number of hydrogen-bond acceptors (Lipinski definition) is 6. The first-order chi connectivity index (χ1) is 16.9. The van der Waals surface area contributed by atoms with Gasteiger partial charge in [0.1, 0.15) is 11.4 Å². The van der Waals surface area contributed by atoms with E-state index in [-0.39, 0.29) is 17.9 Å². The third-order valence-corrected chi connectivity index (χ3v) is 7.36. The van der Waals surface area contributed by atoms with Crippen LogP contribution >= 0.6 is 0 Å². The number of amides is 1. The second-order valence-electron chi connectivity index (χ2n) is 9.51. The van der Waals surface area contributed by atoms with Crippen LogP contribution in [0, 0.1) is 0 Å². The number of hydrogen-bond donors (Lipinski definition) is 1. The Kier molecular flexibility index (Phi) is 7.45. The summed E-state index contributed by atoms with van der Waals surface area (Å²) in [4.78, 5) is 27.4. The van der Waals surface area contributed by atoms with Gasteiger partial charge in [-0.15, -0.1) is 6.58 Å². The number of likely N-dealkylation sites (tertiary alicyclic amines) is 1. The fraction of sp³-hybridized carbons (Fsp3) is 0.429. The number of piperidine rings is 1. The highest BCUT2D eigenvalue weighted by atomic mass is 16.6. The molecule has 186 valence electrons. The second-order valence-corrected chi connectivity index (χ2v) is 9.51. The van der Waals surface area contributed by atoms with Gasteiger partial charge in [0.2, 0.25) is 5.91 Å². The lowest BCUT2D eigenvalue weighted by Crippen LogP contribution is -2.68. The van der Waals surface area contributed by atoms with Gasteiger partial charge >= 0.3 is 5.97 Å². The molecule has 3 atom stereocenters. The highest BCUT2D eigenvalue weighted by Crippen LogP contribution is 2.54. The van der Waals surface area contributed by atoms with Crippen molar-refractivity contribution in [3.05, 3.63) is 72.7 Å². The maximum Gasteiger partial charge on any atom is 0.303 e. The van der Waals surface area contributed by atoms with Crippen LogP contribution < -0.4 is 10.1 Å².